The molecule has 0 aliphatic carbocycles. The van der Waals surface area contributed by atoms with Crippen LogP contribution >= 0.6 is 11.6 Å². The maximum absolute atomic E-state index is 13.4. The van der Waals surface area contributed by atoms with Gasteiger partial charge in [0.2, 0.25) is 0 Å². The van der Waals surface area contributed by atoms with E-state index in [1.54, 1.807) is 4.90 Å². The van der Waals surface area contributed by atoms with E-state index in [1.165, 1.54) is 12.1 Å². The number of aliphatic hydroxyl groups is 1. The van der Waals surface area contributed by atoms with Gasteiger partial charge in [0.25, 0.3) is 0 Å². The van der Waals surface area contributed by atoms with Crippen molar-refractivity contribution in [1.82, 2.24) is 4.98 Å². The molecule has 2 atom stereocenters. The molecule has 0 amide bonds. The largest absolute Gasteiger partial charge is 0.391 e. The molecule has 1 aromatic heterocycles. The normalized spacial score (nSPS) is 16.9. The molecule has 152 valence electrons. The topological polar surface area (TPSA) is 134 Å². The van der Waals surface area contributed by atoms with Gasteiger partial charge in [0, 0.05) is 23.7 Å². The molecule has 3 N–H and O–H groups in total. The molecule has 0 spiro atoms. The van der Waals surface area contributed by atoms with Gasteiger partial charge in [0.15, 0.2) is 0 Å². The van der Waals surface area contributed by atoms with Crippen LogP contribution in [0.15, 0.2) is 18.2 Å². The first-order valence-electron chi connectivity index (χ1n) is 9.29. The summed E-state index contributed by atoms with van der Waals surface area (Å²) in [6.07, 6.45) is 0.832. The van der Waals surface area contributed by atoms with Crippen molar-refractivity contribution in [3.8, 4) is 18.2 Å². The molecule has 7 nitrogen and oxygen atoms in total. The van der Waals surface area contributed by atoms with Crippen LogP contribution in [0.1, 0.15) is 41.0 Å². The number of nitriles is 3. The quantitative estimate of drug-likeness (QED) is 0.770. The highest BCUT2D eigenvalue weighted by Gasteiger charge is 2.30. The van der Waals surface area contributed by atoms with Crippen molar-refractivity contribution in [2.45, 2.75) is 31.3 Å². The van der Waals surface area contributed by atoms with E-state index in [1.807, 2.05) is 6.07 Å². The van der Waals surface area contributed by atoms with E-state index in [0.717, 1.165) is 6.07 Å². The monoisotopic (exact) mass is 424 g/mol. The van der Waals surface area contributed by atoms with Gasteiger partial charge in [-0.15, -0.1) is 0 Å². The lowest BCUT2D eigenvalue weighted by Gasteiger charge is -2.32. The number of piperidine rings is 1. The summed E-state index contributed by atoms with van der Waals surface area (Å²) in [5.41, 5.74) is 6.72. The summed E-state index contributed by atoms with van der Waals surface area (Å²) in [4.78, 5) is 5.99. The van der Waals surface area contributed by atoms with Gasteiger partial charge in [-0.1, -0.05) is 17.7 Å². The molecule has 2 heterocycles. The van der Waals surface area contributed by atoms with E-state index in [4.69, 9.17) is 17.3 Å². The summed E-state index contributed by atoms with van der Waals surface area (Å²) in [6.45, 7) is 0.831. The van der Waals surface area contributed by atoms with Crippen LogP contribution in [0.4, 0.5) is 16.0 Å². The molecule has 2 aromatic rings. The Bertz CT molecular complexity index is 1100. The fraction of sp³-hybridized carbons (Fsp3) is 0.333. The zero-order valence-corrected chi connectivity index (χ0v) is 16.7. The Labute approximate surface area is 178 Å². The molecule has 0 radical (unpaired) electrons. The third-order valence-corrected chi connectivity index (χ3v) is 5.46. The van der Waals surface area contributed by atoms with Crippen molar-refractivity contribution in [2.75, 3.05) is 23.7 Å². The molecule has 9 heteroatoms. The Morgan fingerprint density at radius 1 is 1.30 bits per heavy atom. The number of aromatic nitrogens is 1. The summed E-state index contributed by atoms with van der Waals surface area (Å²) >= 11 is 6.11. The summed E-state index contributed by atoms with van der Waals surface area (Å²) in [5.74, 6) is -1.29. The van der Waals surface area contributed by atoms with Crippen LogP contribution in [0, 0.1) is 39.8 Å². The summed E-state index contributed by atoms with van der Waals surface area (Å²) in [6, 6.07) is 9.97. The van der Waals surface area contributed by atoms with Crippen molar-refractivity contribution in [1.29, 1.82) is 15.8 Å². The Hall–Kier alpha value is -3.38. The fourth-order valence-corrected chi connectivity index (χ4v) is 3.93. The molecule has 30 heavy (non-hydrogen) atoms. The minimum absolute atomic E-state index is 0.0438. The van der Waals surface area contributed by atoms with Crippen LogP contribution in [-0.4, -0.2) is 29.3 Å². The third-order valence-electron chi connectivity index (χ3n) is 5.11. The number of aliphatic hydroxyl groups excluding tert-OH is 1. The second-order valence-electron chi connectivity index (χ2n) is 7.07. The van der Waals surface area contributed by atoms with Crippen LogP contribution in [0.3, 0.4) is 0 Å². The van der Waals surface area contributed by atoms with Crippen LogP contribution in [0.25, 0.3) is 0 Å². The number of anilines is 2. The molecular weight excluding hydrogens is 407 g/mol. The molecule has 2 unspecified atom stereocenters. The van der Waals surface area contributed by atoms with Gasteiger partial charge in [0.1, 0.15) is 40.7 Å². The highest BCUT2D eigenvalue weighted by molar-refractivity contribution is 6.31. The van der Waals surface area contributed by atoms with E-state index in [-0.39, 0.29) is 46.3 Å². The molecule has 1 aliphatic rings. The number of hydrogen-bond donors (Lipinski definition) is 2. The minimum Gasteiger partial charge on any atom is -0.391 e. The molecule has 1 saturated heterocycles. The van der Waals surface area contributed by atoms with Crippen molar-refractivity contribution in [2.24, 2.45) is 0 Å². The number of rotatable bonds is 4. The molecular formula is C21H18ClFN6O. The molecule has 1 fully saturated rings. The van der Waals surface area contributed by atoms with Crippen LogP contribution in [-0.2, 0) is 6.42 Å². The Kier molecular flexibility index (Phi) is 6.37. The number of benzene rings is 1. The smallest absolute Gasteiger partial charge is 0.149 e. The second-order valence-corrected chi connectivity index (χ2v) is 7.48. The van der Waals surface area contributed by atoms with Gasteiger partial charge in [0.05, 0.1) is 18.1 Å². The average Bonchev–Trinajstić information content (AvgIpc) is 2.72. The lowest BCUT2D eigenvalue weighted by Crippen LogP contribution is -2.39. The van der Waals surface area contributed by atoms with Crippen LogP contribution < -0.4 is 10.6 Å². The number of hydrogen-bond acceptors (Lipinski definition) is 7. The Balaban J connectivity index is 2.14. The van der Waals surface area contributed by atoms with Gasteiger partial charge >= 0.3 is 0 Å². The van der Waals surface area contributed by atoms with Crippen LogP contribution in [0.5, 0.6) is 0 Å². The lowest BCUT2D eigenvalue weighted by atomic mass is 9.87. The van der Waals surface area contributed by atoms with Gasteiger partial charge in [-0.3, -0.25) is 0 Å². The number of pyridine rings is 1. The number of nitrogens with two attached hydrogens (primary N) is 1. The van der Waals surface area contributed by atoms with Crippen molar-refractivity contribution in [3.05, 3.63) is 51.3 Å². The van der Waals surface area contributed by atoms with E-state index < -0.39 is 17.8 Å². The SMILES string of the molecule is N#Cc1c(N)nc(N2CCCC(O)C2)c(C#N)c1C(C#N)Cc1ccc(F)cc1Cl. The molecule has 0 saturated carbocycles. The summed E-state index contributed by atoms with van der Waals surface area (Å²) in [7, 11) is 0. The van der Waals surface area contributed by atoms with E-state index in [0.29, 0.717) is 24.9 Å². The number of halogens is 2. The Morgan fingerprint density at radius 3 is 2.63 bits per heavy atom. The van der Waals surface area contributed by atoms with E-state index in [2.05, 4.69) is 17.1 Å². The summed E-state index contributed by atoms with van der Waals surface area (Å²) in [5, 5.41) is 39.6. The lowest BCUT2D eigenvalue weighted by molar-refractivity contribution is 0.154. The first-order chi connectivity index (χ1) is 14.4. The molecule has 1 aromatic carbocycles. The predicted molar refractivity (Wildman–Crippen MR) is 109 cm³/mol. The zero-order chi connectivity index (χ0) is 21.8. The van der Waals surface area contributed by atoms with Gasteiger partial charge < -0.3 is 15.7 Å². The molecule has 1 aliphatic heterocycles. The van der Waals surface area contributed by atoms with Crippen molar-refractivity contribution < 1.29 is 9.50 Å². The van der Waals surface area contributed by atoms with Crippen LogP contribution in [0.2, 0.25) is 5.02 Å². The fourth-order valence-electron chi connectivity index (χ4n) is 3.68. The van der Waals surface area contributed by atoms with E-state index in [9.17, 15) is 25.3 Å². The second kappa shape index (κ2) is 8.97. The zero-order valence-electron chi connectivity index (χ0n) is 15.9. The number of nitrogens with zero attached hydrogens (tertiary/aromatic N) is 5. The number of nitrogen functional groups attached to an aromatic ring is 1. The maximum atomic E-state index is 13.4. The van der Waals surface area contributed by atoms with Crippen molar-refractivity contribution >= 4 is 23.2 Å². The van der Waals surface area contributed by atoms with Crippen molar-refractivity contribution in [3.63, 3.8) is 0 Å². The molecule has 0 bridgehead atoms. The first kappa shape index (κ1) is 21.3. The number of β-amino-alcohol motifs (C(OH)–C–C–N with tert-alkyl or cyclic N) is 1. The van der Waals surface area contributed by atoms with E-state index >= 15 is 0 Å². The van der Waals surface area contributed by atoms with Gasteiger partial charge in [-0.05, 0) is 37.0 Å². The Morgan fingerprint density at radius 2 is 2.03 bits per heavy atom. The highest BCUT2D eigenvalue weighted by atomic mass is 35.5. The minimum atomic E-state index is -0.934. The standard InChI is InChI=1S/C21H18ClFN6O/c22-18-7-14(23)4-3-12(18)6-13(8-24)19-16(9-25)20(27)28-21(17(19)10-26)29-5-1-2-15(30)11-29/h3-4,7,13,15,30H,1-2,5-6,11H2,(H2,27,28). The van der Waals surface area contributed by atoms with Gasteiger partial charge in [-0.2, -0.15) is 15.8 Å². The predicted octanol–water partition coefficient (Wildman–Crippen LogP) is 3.01. The summed E-state index contributed by atoms with van der Waals surface area (Å²) < 4.78 is 13.4. The van der Waals surface area contributed by atoms with Gasteiger partial charge in [-0.25, -0.2) is 9.37 Å². The maximum Gasteiger partial charge on any atom is 0.149 e. The first-order valence-corrected chi connectivity index (χ1v) is 9.67. The third kappa shape index (κ3) is 4.14. The highest BCUT2D eigenvalue weighted by Crippen LogP contribution is 2.36. The average molecular weight is 425 g/mol. The molecule has 3 rings (SSSR count).